The van der Waals surface area contributed by atoms with Gasteiger partial charge in [0.05, 0.1) is 6.04 Å². The zero-order valence-electron chi connectivity index (χ0n) is 11.6. The highest BCUT2D eigenvalue weighted by Gasteiger charge is 2.42. The Hall–Kier alpha value is -2.11. The molecule has 1 amide bonds. The predicted molar refractivity (Wildman–Crippen MR) is 72.9 cm³/mol. The van der Waals surface area contributed by atoms with Crippen LogP contribution in [0.3, 0.4) is 0 Å². The van der Waals surface area contributed by atoms with Crippen LogP contribution in [0.4, 0.5) is 4.79 Å². The Morgan fingerprint density at radius 1 is 1.40 bits per heavy atom. The molecule has 108 valence electrons. The zero-order chi connectivity index (χ0) is 14.7. The maximum Gasteiger partial charge on any atom is 0.410 e. The van der Waals surface area contributed by atoms with Gasteiger partial charge in [-0.05, 0) is 11.5 Å². The molecule has 0 saturated carbocycles. The number of ether oxygens (including phenoxy) is 1. The van der Waals surface area contributed by atoms with Gasteiger partial charge in [-0.2, -0.15) is 0 Å². The van der Waals surface area contributed by atoms with Crippen LogP contribution in [0, 0.1) is 16.0 Å². The Balaban J connectivity index is 2.29. The van der Waals surface area contributed by atoms with E-state index < -0.39 is 12.1 Å². The molecule has 0 bridgehead atoms. The van der Waals surface area contributed by atoms with Gasteiger partial charge in [0, 0.05) is 4.92 Å². The number of cyclic esters (lactones) is 1. The first-order chi connectivity index (χ1) is 9.50. The highest BCUT2D eigenvalue weighted by molar-refractivity contribution is 5.71. The number of benzene rings is 1. The molecular formula is C14H18N2O4. The molecule has 1 aromatic rings. The Kier molecular flexibility index (Phi) is 4.22. The van der Waals surface area contributed by atoms with Crippen LogP contribution < -0.4 is 0 Å². The number of carbonyl (C=O) groups excluding carboxylic acids is 1. The molecule has 1 saturated heterocycles. The molecule has 0 radical (unpaired) electrons. The van der Waals surface area contributed by atoms with E-state index in [4.69, 9.17) is 4.74 Å². The van der Waals surface area contributed by atoms with Crippen molar-refractivity contribution >= 4 is 6.09 Å². The van der Waals surface area contributed by atoms with Gasteiger partial charge in [-0.25, -0.2) is 4.79 Å². The Bertz CT molecular complexity index is 489. The molecule has 2 atom stereocenters. The lowest BCUT2D eigenvalue weighted by Gasteiger charge is -2.30. The molecule has 0 spiro atoms. The van der Waals surface area contributed by atoms with Crippen LogP contribution in [-0.2, 0) is 4.74 Å². The fourth-order valence-electron chi connectivity index (χ4n) is 2.50. The average molecular weight is 278 g/mol. The van der Waals surface area contributed by atoms with Crippen molar-refractivity contribution in [1.82, 2.24) is 4.90 Å². The van der Waals surface area contributed by atoms with Gasteiger partial charge >= 0.3 is 6.09 Å². The Morgan fingerprint density at radius 2 is 2.05 bits per heavy atom. The fourth-order valence-corrected chi connectivity index (χ4v) is 2.50. The number of hydrogen-bond acceptors (Lipinski definition) is 4. The number of nitro groups is 1. The monoisotopic (exact) mass is 278 g/mol. The number of rotatable bonds is 5. The summed E-state index contributed by atoms with van der Waals surface area (Å²) in [6, 6.07) is 8.75. The third kappa shape index (κ3) is 2.89. The van der Waals surface area contributed by atoms with E-state index in [1.165, 1.54) is 4.90 Å². The first-order valence-corrected chi connectivity index (χ1v) is 6.62. The molecule has 1 aliphatic heterocycles. The molecular weight excluding hydrogens is 260 g/mol. The topological polar surface area (TPSA) is 72.7 Å². The van der Waals surface area contributed by atoms with Crippen LogP contribution >= 0.6 is 0 Å². The van der Waals surface area contributed by atoms with Gasteiger partial charge in [-0.1, -0.05) is 44.2 Å². The second-order valence-electron chi connectivity index (χ2n) is 5.24. The zero-order valence-corrected chi connectivity index (χ0v) is 11.6. The van der Waals surface area contributed by atoms with E-state index >= 15 is 0 Å². The van der Waals surface area contributed by atoms with Crippen molar-refractivity contribution in [2.45, 2.75) is 25.9 Å². The lowest BCUT2D eigenvalue weighted by molar-refractivity contribution is -0.487. The molecule has 1 aromatic carbocycles. The molecule has 6 heteroatoms. The number of amides is 1. The fraction of sp³-hybridized carbons (Fsp3) is 0.500. The summed E-state index contributed by atoms with van der Waals surface area (Å²) >= 11 is 0. The number of hydrogen-bond donors (Lipinski definition) is 0. The van der Waals surface area contributed by atoms with E-state index in [9.17, 15) is 14.9 Å². The molecule has 1 aliphatic rings. The Morgan fingerprint density at radius 3 is 2.60 bits per heavy atom. The minimum atomic E-state index is -0.473. The minimum Gasteiger partial charge on any atom is -0.447 e. The van der Waals surface area contributed by atoms with E-state index in [1.807, 2.05) is 44.2 Å². The van der Waals surface area contributed by atoms with E-state index in [-0.39, 0.29) is 30.0 Å². The minimum absolute atomic E-state index is 0.0164. The molecule has 20 heavy (non-hydrogen) atoms. The van der Waals surface area contributed by atoms with Crippen molar-refractivity contribution < 1.29 is 14.5 Å². The smallest absolute Gasteiger partial charge is 0.410 e. The van der Waals surface area contributed by atoms with Crippen molar-refractivity contribution in [2.75, 3.05) is 13.2 Å². The van der Waals surface area contributed by atoms with E-state index in [0.29, 0.717) is 0 Å². The van der Waals surface area contributed by atoms with Crippen LogP contribution in [0.25, 0.3) is 0 Å². The second-order valence-corrected chi connectivity index (χ2v) is 5.24. The molecule has 2 rings (SSSR count). The standard InChI is InChI=1S/C14H18N2O4/c1-10(2)12(8-15(18)19)16-13(9-20-14(16)17)11-6-4-3-5-7-11/h3-7,10,12-13H,8-9H2,1-2H3/t12-,13+/m1/s1. The summed E-state index contributed by atoms with van der Waals surface area (Å²) in [6.45, 7) is 3.73. The van der Waals surface area contributed by atoms with Gasteiger partial charge in [0.15, 0.2) is 0 Å². The van der Waals surface area contributed by atoms with Crippen LogP contribution in [0.15, 0.2) is 30.3 Å². The molecule has 1 heterocycles. The quantitative estimate of drug-likeness (QED) is 0.612. The summed E-state index contributed by atoms with van der Waals surface area (Å²) in [5.74, 6) is -0.0164. The van der Waals surface area contributed by atoms with Gasteiger partial charge in [-0.3, -0.25) is 15.0 Å². The summed E-state index contributed by atoms with van der Waals surface area (Å²) in [7, 11) is 0. The van der Waals surface area contributed by atoms with Crippen molar-refractivity contribution in [1.29, 1.82) is 0 Å². The molecule has 1 fully saturated rings. The van der Waals surface area contributed by atoms with Crippen molar-refractivity contribution in [3.63, 3.8) is 0 Å². The predicted octanol–water partition coefficient (Wildman–Crippen LogP) is 2.48. The van der Waals surface area contributed by atoms with Crippen LogP contribution in [0.5, 0.6) is 0 Å². The third-order valence-corrected chi connectivity index (χ3v) is 3.56. The molecule has 0 N–H and O–H groups in total. The Labute approximate surface area is 117 Å². The molecule has 0 unspecified atom stereocenters. The van der Waals surface area contributed by atoms with Gasteiger partial charge in [-0.15, -0.1) is 0 Å². The molecule has 0 aromatic heterocycles. The van der Waals surface area contributed by atoms with Gasteiger partial charge in [0.1, 0.15) is 12.6 Å². The molecule has 6 nitrogen and oxygen atoms in total. The summed E-state index contributed by atoms with van der Waals surface area (Å²) in [6.07, 6.45) is -0.473. The summed E-state index contributed by atoms with van der Waals surface area (Å²) < 4.78 is 5.11. The summed E-state index contributed by atoms with van der Waals surface area (Å²) in [5, 5.41) is 10.8. The highest BCUT2D eigenvalue weighted by atomic mass is 16.6. The van der Waals surface area contributed by atoms with Gasteiger partial charge in [0.25, 0.3) is 0 Å². The highest BCUT2D eigenvalue weighted by Crippen LogP contribution is 2.31. The first-order valence-electron chi connectivity index (χ1n) is 6.62. The summed E-state index contributed by atoms with van der Waals surface area (Å²) in [5.41, 5.74) is 0.937. The average Bonchev–Trinajstić information content (AvgIpc) is 2.78. The lowest BCUT2D eigenvalue weighted by atomic mass is 9.99. The van der Waals surface area contributed by atoms with Crippen molar-refractivity contribution in [3.8, 4) is 0 Å². The number of carbonyl (C=O) groups is 1. The normalized spacial score (nSPS) is 20.1. The number of nitrogens with zero attached hydrogens (tertiary/aromatic N) is 2. The third-order valence-electron chi connectivity index (χ3n) is 3.56. The van der Waals surface area contributed by atoms with Gasteiger partial charge in [0.2, 0.25) is 6.54 Å². The first kappa shape index (κ1) is 14.3. The molecule has 0 aliphatic carbocycles. The lowest BCUT2D eigenvalue weighted by Crippen LogP contribution is -2.45. The van der Waals surface area contributed by atoms with Gasteiger partial charge < -0.3 is 4.74 Å². The van der Waals surface area contributed by atoms with E-state index in [1.54, 1.807) is 0 Å². The SMILES string of the molecule is CC(C)[C@@H](C[N+](=O)[O-])N1C(=O)OC[C@H]1c1ccccc1. The van der Waals surface area contributed by atoms with Crippen molar-refractivity contribution in [2.24, 2.45) is 5.92 Å². The van der Waals surface area contributed by atoms with Crippen LogP contribution in [0.1, 0.15) is 25.5 Å². The second kappa shape index (κ2) is 5.90. The summed E-state index contributed by atoms with van der Waals surface area (Å²) in [4.78, 5) is 24.0. The van der Waals surface area contributed by atoms with Crippen molar-refractivity contribution in [3.05, 3.63) is 46.0 Å². The van der Waals surface area contributed by atoms with Crippen LogP contribution in [-0.4, -0.2) is 35.1 Å². The largest absolute Gasteiger partial charge is 0.447 e. The van der Waals surface area contributed by atoms with Crippen LogP contribution in [0.2, 0.25) is 0 Å². The van der Waals surface area contributed by atoms with E-state index in [0.717, 1.165) is 5.56 Å². The van der Waals surface area contributed by atoms with E-state index in [2.05, 4.69) is 0 Å². The maximum absolute atomic E-state index is 12.0. The maximum atomic E-state index is 12.0.